The highest BCUT2D eigenvalue weighted by Crippen LogP contribution is 2.32. The van der Waals surface area contributed by atoms with Gasteiger partial charge in [-0.25, -0.2) is 5.43 Å². The van der Waals surface area contributed by atoms with Crippen molar-refractivity contribution in [3.63, 3.8) is 0 Å². The van der Waals surface area contributed by atoms with Crippen molar-refractivity contribution in [3.05, 3.63) is 52.0 Å². The molecule has 0 bridgehead atoms. The zero-order chi connectivity index (χ0) is 23.1. The van der Waals surface area contributed by atoms with Crippen LogP contribution < -0.4 is 14.9 Å². The summed E-state index contributed by atoms with van der Waals surface area (Å²) in [4.78, 5) is 12.2. The number of aromatic nitrogens is 3. The number of carbonyl (C=O) groups excluding carboxylic acids is 1. The molecule has 3 rings (SSSR count). The van der Waals surface area contributed by atoms with E-state index < -0.39 is 0 Å². The Morgan fingerprint density at radius 2 is 1.91 bits per heavy atom. The molecule has 0 fully saturated rings. The lowest BCUT2D eigenvalue weighted by Gasteiger charge is -2.10. The van der Waals surface area contributed by atoms with Crippen molar-refractivity contribution >= 4 is 47.1 Å². The highest BCUT2D eigenvalue weighted by molar-refractivity contribution is 7.99. The molecule has 2 aromatic carbocycles. The Balaban J connectivity index is 1.64. The van der Waals surface area contributed by atoms with Gasteiger partial charge < -0.3 is 14.0 Å². The van der Waals surface area contributed by atoms with Crippen LogP contribution in [-0.2, 0) is 11.3 Å². The van der Waals surface area contributed by atoms with Gasteiger partial charge in [0.05, 0.1) is 36.2 Å². The van der Waals surface area contributed by atoms with Crippen molar-refractivity contribution in [2.45, 2.75) is 18.6 Å². The molecule has 1 heterocycles. The number of ether oxygens (including phenoxy) is 2. The summed E-state index contributed by atoms with van der Waals surface area (Å²) < 4.78 is 12.6. The van der Waals surface area contributed by atoms with Crippen LogP contribution in [0, 0.1) is 0 Å². The summed E-state index contributed by atoms with van der Waals surface area (Å²) in [6.45, 7) is 2.62. The summed E-state index contributed by atoms with van der Waals surface area (Å²) >= 11 is 13.1. The van der Waals surface area contributed by atoms with E-state index >= 15 is 0 Å². The van der Waals surface area contributed by atoms with Crippen LogP contribution in [0.1, 0.15) is 12.5 Å². The van der Waals surface area contributed by atoms with Crippen molar-refractivity contribution in [1.29, 1.82) is 0 Å². The maximum Gasteiger partial charge on any atom is 0.250 e. The van der Waals surface area contributed by atoms with Crippen LogP contribution in [0.25, 0.3) is 11.4 Å². The van der Waals surface area contributed by atoms with Gasteiger partial charge in [0.1, 0.15) is 0 Å². The van der Waals surface area contributed by atoms with Crippen molar-refractivity contribution in [2.24, 2.45) is 5.10 Å². The van der Waals surface area contributed by atoms with E-state index in [0.29, 0.717) is 39.1 Å². The summed E-state index contributed by atoms with van der Waals surface area (Å²) in [7, 11) is 3.16. The van der Waals surface area contributed by atoms with Crippen LogP contribution in [-0.4, -0.2) is 46.9 Å². The van der Waals surface area contributed by atoms with Crippen LogP contribution in [0.15, 0.2) is 46.7 Å². The van der Waals surface area contributed by atoms with E-state index in [1.165, 1.54) is 18.0 Å². The molecule has 3 aromatic rings. The van der Waals surface area contributed by atoms with E-state index in [1.807, 2.05) is 29.7 Å². The second-order valence-electron chi connectivity index (χ2n) is 6.38. The fraction of sp³-hybridized carbons (Fsp3) is 0.238. The van der Waals surface area contributed by atoms with Gasteiger partial charge in [-0.05, 0) is 42.8 Å². The molecule has 0 spiro atoms. The average Bonchev–Trinajstić information content (AvgIpc) is 3.22. The first kappa shape index (κ1) is 23.9. The molecule has 8 nitrogen and oxygen atoms in total. The van der Waals surface area contributed by atoms with Gasteiger partial charge in [-0.3, -0.25) is 4.79 Å². The number of amides is 1. The molecule has 11 heteroatoms. The number of nitrogens with one attached hydrogen (secondary N) is 1. The van der Waals surface area contributed by atoms with Crippen molar-refractivity contribution in [1.82, 2.24) is 20.2 Å². The van der Waals surface area contributed by atoms with E-state index in [1.54, 1.807) is 32.4 Å². The van der Waals surface area contributed by atoms with Crippen LogP contribution in [0.4, 0.5) is 0 Å². The minimum absolute atomic E-state index is 0.128. The highest BCUT2D eigenvalue weighted by atomic mass is 35.5. The number of halogens is 2. The zero-order valence-corrected chi connectivity index (χ0v) is 20.0. The van der Waals surface area contributed by atoms with E-state index in [2.05, 4.69) is 20.7 Å². The van der Waals surface area contributed by atoms with Crippen molar-refractivity contribution < 1.29 is 14.3 Å². The number of benzene rings is 2. The standard InChI is InChI=1S/C21H21Cl2N5O3S/c1-4-28-20(14-6-8-17(30-2)18(10-14)31-3)26-27-21(28)32-12-19(29)25-24-11-13-5-7-15(22)16(23)9-13/h5-11H,4,12H2,1-3H3,(H,25,29). The van der Waals surface area contributed by atoms with E-state index in [-0.39, 0.29) is 11.7 Å². The van der Waals surface area contributed by atoms with Gasteiger partial charge in [-0.15, -0.1) is 10.2 Å². The number of carbonyl (C=O) groups is 1. The minimum atomic E-state index is -0.273. The molecule has 0 unspecified atom stereocenters. The quantitative estimate of drug-likeness (QED) is 0.267. The summed E-state index contributed by atoms with van der Waals surface area (Å²) in [6, 6.07) is 10.6. The van der Waals surface area contributed by atoms with Crippen LogP contribution in [0.2, 0.25) is 10.0 Å². The van der Waals surface area contributed by atoms with E-state index in [0.717, 1.165) is 11.1 Å². The summed E-state index contributed by atoms with van der Waals surface area (Å²) in [6.07, 6.45) is 1.49. The van der Waals surface area contributed by atoms with Gasteiger partial charge >= 0.3 is 0 Å². The Labute approximate surface area is 199 Å². The first-order valence-corrected chi connectivity index (χ1v) is 11.3. The smallest absolute Gasteiger partial charge is 0.250 e. The maximum absolute atomic E-state index is 12.2. The third-order valence-corrected chi connectivity index (χ3v) is 6.06. The van der Waals surface area contributed by atoms with Gasteiger partial charge in [-0.1, -0.05) is 41.0 Å². The Kier molecular flexibility index (Phi) is 8.38. The summed E-state index contributed by atoms with van der Waals surface area (Å²) in [5.41, 5.74) is 4.04. The molecule has 0 saturated heterocycles. The third-order valence-electron chi connectivity index (χ3n) is 4.35. The Morgan fingerprint density at radius 1 is 1.12 bits per heavy atom. The molecule has 1 N–H and O–H groups in total. The summed E-state index contributed by atoms with van der Waals surface area (Å²) in [5.74, 6) is 1.76. The molecule has 0 aliphatic carbocycles. The Morgan fingerprint density at radius 3 is 2.59 bits per heavy atom. The number of hydrogen-bond donors (Lipinski definition) is 1. The van der Waals surface area contributed by atoms with Crippen molar-refractivity contribution in [2.75, 3.05) is 20.0 Å². The monoisotopic (exact) mass is 493 g/mol. The second-order valence-corrected chi connectivity index (χ2v) is 8.13. The minimum Gasteiger partial charge on any atom is -0.493 e. The van der Waals surface area contributed by atoms with Crippen LogP contribution in [0.5, 0.6) is 11.5 Å². The lowest BCUT2D eigenvalue weighted by molar-refractivity contribution is -0.118. The Bertz CT molecular complexity index is 1140. The van der Waals surface area contributed by atoms with Gasteiger partial charge in [0.15, 0.2) is 22.5 Å². The number of rotatable bonds is 9. The number of hydrogen-bond acceptors (Lipinski definition) is 7. The third kappa shape index (κ3) is 5.73. The van der Waals surface area contributed by atoms with Gasteiger partial charge in [0, 0.05) is 12.1 Å². The second kappa shape index (κ2) is 11.2. The first-order valence-electron chi connectivity index (χ1n) is 9.52. The van der Waals surface area contributed by atoms with Crippen molar-refractivity contribution in [3.8, 4) is 22.9 Å². The van der Waals surface area contributed by atoms with Gasteiger partial charge in [0.25, 0.3) is 5.91 Å². The van der Waals surface area contributed by atoms with Gasteiger partial charge in [-0.2, -0.15) is 5.10 Å². The normalized spacial score (nSPS) is 11.0. The molecule has 168 valence electrons. The Hall–Kier alpha value is -2.75. The number of hydrazone groups is 1. The van der Waals surface area contributed by atoms with Crippen LogP contribution >= 0.6 is 35.0 Å². The molecule has 32 heavy (non-hydrogen) atoms. The first-order chi connectivity index (χ1) is 15.5. The number of thioether (sulfide) groups is 1. The molecular weight excluding hydrogens is 473 g/mol. The maximum atomic E-state index is 12.2. The highest BCUT2D eigenvalue weighted by Gasteiger charge is 2.16. The topological polar surface area (TPSA) is 90.6 Å². The molecule has 1 aromatic heterocycles. The van der Waals surface area contributed by atoms with Crippen LogP contribution in [0.3, 0.4) is 0 Å². The predicted octanol–water partition coefficient (Wildman–Crippen LogP) is 4.53. The zero-order valence-electron chi connectivity index (χ0n) is 17.6. The predicted molar refractivity (Wildman–Crippen MR) is 127 cm³/mol. The fourth-order valence-corrected chi connectivity index (χ4v) is 3.90. The number of nitrogens with zero attached hydrogens (tertiary/aromatic N) is 4. The molecule has 0 atom stereocenters. The van der Waals surface area contributed by atoms with E-state index in [9.17, 15) is 4.79 Å². The molecule has 1 amide bonds. The summed E-state index contributed by atoms with van der Waals surface area (Å²) in [5, 5.41) is 14.0. The molecule has 0 saturated carbocycles. The lowest BCUT2D eigenvalue weighted by atomic mass is 10.2. The van der Waals surface area contributed by atoms with Gasteiger partial charge in [0.2, 0.25) is 0 Å². The SMILES string of the molecule is CCn1c(SCC(=O)NN=Cc2ccc(Cl)c(Cl)c2)nnc1-c1ccc(OC)c(OC)c1. The molecular formula is C21H21Cl2N5O3S. The lowest BCUT2D eigenvalue weighted by Crippen LogP contribution is -2.20. The molecule has 0 aliphatic rings. The average molecular weight is 494 g/mol. The molecule has 0 radical (unpaired) electrons. The molecule has 0 aliphatic heterocycles. The largest absolute Gasteiger partial charge is 0.493 e. The fourth-order valence-electron chi connectivity index (χ4n) is 2.80. The van der Waals surface area contributed by atoms with E-state index in [4.69, 9.17) is 32.7 Å². The number of methoxy groups -OCH3 is 2.